The summed E-state index contributed by atoms with van der Waals surface area (Å²) in [5, 5.41) is 8.78. The maximum Gasteiger partial charge on any atom is 0.271 e. The van der Waals surface area contributed by atoms with Crippen LogP contribution in [-0.2, 0) is 9.84 Å². The minimum atomic E-state index is -2.90. The van der Waals surface area contributed by atoms with Crippen molar-refractivity contribution in [2.45, 2.75) is 6.42 Å². The van der Waals surface area contributed by atoms with Crippen LogP contribution >= 0.6 is 0 Å². The quantitative estimate of drug-likeness (QED) is 0.653. The Morgan fingerprint density at radius 3 is 2.94 bits per heavy atom. The number of nitrogens with two attached hydrogens (primary N) is 1. The van der Waals surface area contributed by atoms with E-state index in [2.05, 4.69) is 15.5 Å². The minimum absolute atomic E-state index is 0.00639. The van der Waals surface area contributed by atoms with Gasteiger partial charge in [0.1, 0.15) is 5.69 Å². The van der Waals surface area contributed by atoms with Crippen LogP contribution < -0.4 is 11.1 Å². The smallest absolute Gasteiger partial charge is 0.271 e. The van der Waals surface area contributed by atoms with Crippen LogP contribution in [0, 0.1) is 5.92 Å². The van der Waals surface area contributed by atoms with E-state index >= 15 is 0 Å². The lowest BCUT2D eigenvalue weighted by Gasteiger charge is -2.08. The first-order valence-corrected chi connectivity index (χ1v) is 7.07. The Morgan fingerprint density at radius 1 is 1.65 bits per heavy atom. The molecule has 1 aromatic rings. The second kappa shape index (κ2) is 4.36. The summed E-state index contributed by atoms with van der Waals surface area (Å²) in [7, 11) is -2.90. The molecule has 8 heteroatoms. The van der Waals surface area contributed by atoms with E-state index in [1.54, 1.807) is 0 Å². The van der Waals surface area contributed by atoms with Crippen molar-refractivity contribution in [2.75, 3.05) is 23.8 Å². The third-order valence-electron chi connectivity index (χ3n) is 2.77. The minimum Gasteiger partial charge on any atom is -0.396 e. The molecule has 94 valence electrons. The van der Waals surface area contributed by atoms with Gasteiger partial charge in [-0.2, -0.15) is 5.10 Å². The first-order valence-electron chi connectivity index (χ1n) is 5.25. The highest BCUT2D eigenvalue weighted by Gasteiger charge is 2.28. The van der Waals surface area contributed by atoms with Gasteiger partial charge in [-0.15, -0.1) is 0 Å². The van der Waals surface area contributed by atoms with Crippen molar-refractivity contribution in [1.29, 1.82) is 0 Å². The number of hydrogen-bond acceptors (Lipinski definition) is 5. The van der Waals surface area contributed by atoms with Crippen molar-refractivity contribution in [2.24, 2.45) is 5.92 Å². The summed E-state index contributed by atoms with van der Waals surface area (Å²) in [6.07, 6.45) is 1.95. The monoisotopic (exact) mass is 258 g/mol. The summed E-state index contributed by atoms with van der Waals surface area (Å²) in [5.74, 6) is -0.0109. The van der Waals surface area contributed by atoms with E-state index in [0.717, 1.165) is 0 Å². The average molecular weight is 258 g/mol. The van der Waals surface area contributed by atoms with Crippen LogP contribution in [0.4, 0.5) is 5.69 Å². The fraction of sp³-hybridized carbons (Fsp3) is 0.556. The van der Waals surface area contributed by atoms with Crippen LogP contribution in [-0.4, -0.2) is 42.6 Å². The Balaban J connectivity index is 1.88. The van der Waals surface area contributed by atoms with Crippen LogP contribution in [0.2, 0.25) is 0 Å². The number of anilines is 1. The normalized spacial score (nSPS) is 22.5. The van der Waals surface area contributed by atoms with Crippen molar-refractivity contribution < 1.29 is 13.2 Å². The Hall–Kier alpha value is -1.57. The summed E-state index contributed by atoms with van der Waals surface area (Å²) in [6, 6.07) is 0. The number of carbonyl (C=O) groups is 1. The summed E-state index contributed by atoms with van der Waals surface area (Å²) in [6.45, 7) is 0.344. The maximum absolute atomic E-state index is 11.6. The van der Waals surface area contributed by atoms with E-state index in [1.807, 2.05) is 0 Å². The molecule has 1 aromatic heterocycles. The van der Waals surface area contributed by atoms with Crippen LogP contribution in [0.5, 0.6) is 0 Å². The summed E-state index contributed by atoms with van der Waals surface area (Å²) < 4.78 is 22.4. The highest BCUT2D eigenvalue weighted by atomic mass is 32.2. The molecule has 1 saturated heterocycles. The van der Waals surface area contributed by atoms with Gasteiger partial charge in [0, 0.05) is 6.54 Å². The second-order valence-corrected chi connectivity index (χ2v) is 6.41. The molecule has 2 rings (SSSR count). The first-order chi connectivity index (χ1) is 7.98. The molecule has 0 bridgehead atoms. The van der Waals surface area contributed by atoms with Crippen molar-refractivity contribution in [3.05, 3.63) is 11.9 Å². The second-order valence-electron chi connectivity index (χ2n) is 4.18. The van der Waals surface area contributed by atoms with Gasteiger partial charge in [-0.25, -0.2) is 8.42 Å². The number of carbonyl (C=O) groups excluding carboxylic acids is 1. The van der Waals surface area contributed by atoms with E-state index in [-0.39, 0.29) is 34.7 Å². The molecule has 7 nitrogen and oxygen atoms in total. The van der Waals surface area contributed by atoms with Gasteiger partial charge in [-0.1, -0.05) is 0 Å². The number of hydrogen-bond donors (Lipinski definition) is 3. The summed E-state index contributed by atoms with van der Waals surface area (Å²) in [5.41, 5.74) is 6.01. The number of rotatable bonds is 3. The number of nitrogen functional groups attached to an aromatic ring is 1. The lowest BCUT2D eigenvalue weighted by molar-refractivity contribution is 0.0944. The molecular weight excluding hydrogens is 244 g/mol. The number of sulfone groups is 1. The average Bonchev–Trinajstić information content (AvgIpc) is 2.81. The highest BCUT2D eigenvalue weighted by molar-refractivity contribution is 7.91. The van der Waals surface area contributed by atoms with Crippen molar-refractivity contribution in [1.82, 2.24) is 15.5 Å². The number of nitrogens with one attached hydrogen (secondary N) is 2. The molecule has 1 aliphatic rings. The topological polar surface area (TPSA) is 118 Å². The fourth-order valence-corrected chi connectivity index (χ4v) is 3.70. The van der Waals surface area contributed by atoms with Crippen LogP contribution in [0.15, 0.2) is 6.20 Å². The molecule has 0 saturated carbocycles. The molecule has 1 fully saturated rings. The van der Waals surface area contributed by atoms with E-state index in [0.29, 0.717) is 13.0 Å². The Labute approximate surface area is 98.7 Å². The summed E-state index contributed by atoms with van der Waals surface area (Å²) in [4.78, 5) is 11.6. The van der Waals surface area contributed by atoms with Crippen molar-refractivity contribution in [3.63, 3.8) is 0 Å². The van der Waals surface area contributed by atoms with Crippen LogP contribution in [0.1, 0.15) is 16.9 Å². The van der Waals surface area contributed by atoms with E-state index in [4.69, 9.17) is 5.73 Å². The van der Waals surface area contributed by atoms with Gasteiger partial charge < -0.3 is 11.1 Å². The summed E-state index contributed by atoms with van der Waals surface area (Å²) >= 11 is 0. The van der Waals surface area contributed by atoms with E-state index in [9.17, 15) is 13.2 Å². The number of nitrogens with zero attached hydrogens (tertiary/aromatic N) is 1. The first kappa shape index (κ1) is 11.9. The van der Waals surface area contributed by atoms with Gasteiger partial charge in [-0.3, -0.25) is 9.89 Å². The van der Waals surface area contributed by atoms with Gasteiger partial charge in [0.05, 0.1) is 23.4 Å². The molecule has 4 N–H and O–H groups in total. The number of H-pyrrole nitrogens is 1. The molecule has 1 atom stereocenters. The third-order valence-corrected chi connectivity index (χ3v) is 4.61. The molecule has 17 heavy (non-hydrogen) atoms. The molecule has 1 aliphatic heterocycles. The number of aromatic amines is 1. The number of aromatic nitrogens is 2. The van der Waals surface area contributed by atoms with Gasteiger partial charge in [0.2, 0.25) is 0 Å². The van der Waals surface area contributed by atoms with Gasteiger partial charge in [0.15, 0.2) is 9.84 Å². The Bertz CT molecular complexity index is 522. The molecule has 2 heterocycles. The molecule has 1 amide bonds. The number of amides is 1. The van der Waals surface area contributed by atoms with Crippen LogP contribution in [0.3, 0.4) is 0 Å². The zero-order valence-corrected chi connectivity index (χ0v) is 9.96. The fourth-order valence-electron chi connectivity index (χ4n) is 1.84. The van der Waals surface area contributed by atoms with Gasteiger partial charge in [0.25, 0.3) is 5.91 Å². The van der Waals surface area contributed by atoms with Gasteiger partial charge in [-0.05, 0) is 12.3 Å². The predicted molar refractivity (Wildman–Crippen MR) is 62.1 cm³/mol. The van der Waals surface area contributed by atoms with E-state index < -0.39 is 9.84 Å². The third kappa shape index (κ3) is 2.76. The molecule has 0 aliphatic carbocycles. The van der Waals surface area contributed by atoms with Crippen molar-refractivity contribution >= 4 is 21.4 Å². The van der Waals surface area contributed by atoms with Crippen molar-refractivity contribution in [3.8, 4) is 0 Å². The lowest BCUT2D eigenvalue weighted by atomic mass is 10.1. The Kier molecular flexibility index (Phi) is 3.05. The largest absolute Gasteiger partial charge is 0.396 e. The molecule has 0 radical (unpaired) electrons. The van der Waals surface area contributed by atoms with Crippen LogP contribution in [0.25, 0.3) is 0 Å². The highest BCUT2D eigenvalue weighted by Crippen LogP contribution is 2.17. The van der Waals surface area contributed by atoms with E-state index in [1.165, 1.54) is 6.20 Å². The molecule has 0 aromatic carbocycles. The zero-order chi connectivity index (χ0) is 12.5. The Morgan fingerprint density at radius 2 is 2.41 bits per heavy atom. The zero-order valence-electron chi connectivity index (χ0n) is 9.14. The standard InChI is InChI=1S/C9H14N4O3S/c10-7-4-12-13-8(7)9(14)11-3-6-1-2-17(15,16)5-6/h4,6H,1-3,5,10H2,(H,11,14)(H,12,13). The molecule has 1 unspecified atom stereocenters. The SMILES string of the molecule is Nc1cn[nH]c1C(=O)NCC1CCS(=O)(=O)C1. The maximum atomic E-state index is 11.6. The predicted octanol–water partition coefficient (Wildman–Crippen LogP) is -0.844. The molecule has 0 spiro atoms. The lowest BCUT2D eigenvalue weighted by Crippen LogP contribution is -2.30. The van der Waals surface area contributed by atoms with Gasteiger partial charge >= 0.3 is 0 Å². The molecular formula is C9H14N4O3S.